The van der Waals surface area contributed by atoms with Gasteiger partial charge in [0.15, 0.2) is 17.1 Å². The molecular formula is C30H23F3N4O4. The molecule has 1 amide bonds. The Morgan fingerprint density at radius 3 is 2.78 bits per heavy atom. The van der Waals surface area contributed by atoms with Crippen molar-refractivity contribution in [1.29, 1.82) is 0 Å². The molecule has 2 N–H and O–H groups in total. The number of rotatable bonds is 7. The van der Waals surface area contributed by atoms with Gasteiger partial charge in [-0.1, -0.05) is 12.1 Å². The Kier molecular flexibility index (Phi) is 6.49. The third-order valence-electron chi connectivity index (χ3n) is 6.66. The first-order chi connectivity index (χ1) is 19.7. The van der Waals surface area contributed by atoms with Crippen LogP contribution in [-0.4, -0.2) is 40.4 Å². The monoisotopic (exact) mass is 560 g/mol. The predicted octanol–water partition coefficient (Wildman–Crippen LogP) is 6.79. The standard InChI is InChI=1S/C30H23F3N4O4/c1-16(11-18-15-35-23-6-4-10-34-27(18)23)36-29(38)21-14-24(26-12-17-5-3-7-25(39-2)28(17)40-26)37-22-9-8-19(13-20(21)22)41-30(31,32)33/h3-10,12-16,35H,11H2,1-2H3,(H,36,38)/t16-/m0/s1. The van der Waals surface area contributed by atoms with Crippen molar-refractivity contribution in [2.24, 2.45) is 0 Å². The molecular weight excluding hydrogens is 537 g/mol. The van der Waals surface area contributed by atoms with Crippen molar-refractivity contribution in [2.45, 2.75) is 25.7 Å². The molecule has 0 aliphatic carbocycles. The Labute approximate surface area is 231 Å². The SMILES string of the molecule is COc1cccc2cc(-c3cc(C(=O)N[C@@H](C)Cc4c[nH]c5cccnc45)c4cc(OC(F)(F)F)ccc4n3)oc12. The highest BCUT2D eigenvalue weighted by Crippen LogP contribution is 2.35. The minimum absolute atomic E-state index is 0.119. The van der Waals surface area contributed by atoms with Crippen molar-refractivity contribution in [3.05, 3.63) is 84.2 Å². The molecule has 4 heterocycles. The fourth-order valence-electron chi connectivity index (χ4n) is 4.89. The number of hydrogen-bond donors (Lipinski definition) is 2. The smallest absolute Gasteiger partial charge is 0.493 e. The summed E-state index contributed by atoms with van der Waals surface area (Å²) in [6, 6.07) is 15.8. The van der Waals surface area contributed by atoms with Gasteiger partial charge in [-0.2, -0.15) is 0 Å². The molecule has 0 bridgehead atoms. The van der Waals surface area contributed by atoms with E-state index in [4.69, 9.17) is 9.15 Å². The van der Waals surface area contributed by atoms with Gasteiger partial charge in [-0.3, -0.25) is 9.78 Å². The summed E-state index contributed by atoms with van der Waals surface area (Å²) >= 11 is 0. The molecule has 0 saturated heterocycles. The Morgan fingerprint density at radius 2 is 1.98 bits per heavy atom. The topological polar surface area (TPSA) is 102 Å². The molecule has 1 atom stereocenters. The van der Waals surface area contributed by atoms with Crippen LogP contribution in [0.3, 0.4) is 0 Å². The summed E-state index contributed by atoms with van der Waals surface area (Å²) in [6.45, 7) is 1.84. The molecule has 2 aromatic carbocycles. The first kappa shape index (κ1) is 26.2. The second kappa shape index (κ2) is 10.2. The molecule has 41 heavy (non-hydrogen) atoms. The molecule has 0 aliphatic heterocycles. The molecule has 0 unspecified atom stereocenters. The Balaban J connectivity index is 1.39. The van der Waals surface area contributed by atoms with Gasteiger partial charge in [0.1, 0.15) is 11.4 Å². The number of amides is 1. The van der Waals surface area contributed by atoms with Crippen LogP contribution < -0.4 is 14.8 Å². The van der Waals surface area contributed by atoms with E-state index in [1.165, 1.54) is 19.2 Å². The minimum atomic E-state index is -4.89. The van der Waals surface area contributed by atoms with E-state index < -0.39 is 18.0 Å². The van der Waals surface area contributed by atoms with E-state index in [0.717, 1.165) is 34.1 Å². The second-order valence-electron chi connectivity index (χ2n) is 9.56. The summed E-state index contributed by atoms with van der Waals surface area (Å²) in [5, 5.41) is 3.92. The molecule has 6 rings (SSSR count). The number of aromatic amines is 1. The van der Waals surface area contributed by atoms with Gasteiger partial charge in [-0.25, -0.2) is 4.98 Å². The zero-order valence-electron chi connectivity index (χ0n) is 21.9. The van der Waals surface area contributed by atoms with Gasteiger partial charge in [0.25, 0.3) is 5.91 Å². The number of ether oxygens (including phenoxy) is 2. The predicted molar refractivity (Wildman–Crippen MR) is 147 cm³/mol. The highest BCUT2D eigenvalue weighted by molar-refractivity contribution is 6.07. The van der Waals surface area contributed by atoms with Crippen LogP contribution in [-0.2, 0) is 6.42 Å². The highest BCUT2D eigenvalue weighted by Gasteiger charge is 2.31. The fourth-order valence-corrected chi connectivity index (χ4v) is 4.89. The lowest BCUT2D eigenvalue weighted by Gasteiger charge is -2.16. The number of halogens is 3. The molecule has 0 fully saturated rings. The molecule has 0 aliphatic rings. The number of methoxy groups -OCH3 is 1. The third kappa shape index (κ3) is 5.25. The average Bonchev–Trinajstić information content (AvgIpc) is 3.56. The zero-order chi connectivity index (χ0) is 28.7. The molecule has 208 valence electrons. The van der Waals surface area contributed by atoms with E-state index in [2.05, 4.69) is 25.0 Å². The van der Waals surface area contributed by atoms with Gasteiger partial charge in [0.2, 0.25) is 0 Å². The zero-order valence-corrected chi connectivity index (χ0v) is 21.9. The lowest BCUT2D eigenvalue weighted by molar-refractivity contribution is -0.274. The van der Waals surface area contributed by atoms with E-state index in [1.54, 1.807) is 18.3 Å². The number of nitrogens with one attached hydrogen (secondary N) is 2. The average molecular weight is 561 g/mol. The highest BCUT2D eigenvalue weighted by atomic mass is 19.4. The van der Waals surface area contributed by atoms with Crippen molar-refractivity contribution in [2.75, 3.05) is 7.11 Å². The molecule has 0 saturated carbocycles. The fraction of sp³-hybridized carbons (Fsp3) is 0.167. The van der Waals surface area contributed by atoms with E-state index in [-0.39, 0.29) is 17.0 Å². The normalized spacial score (nSPS) is 12.6. The van der Waals surface area contributed by atoms with Gasteiger partial charge in [-0.05, 0) is 67.4 Å². The summed E-state index contributed by atoms with van der Waals surface area (Å²) in [6.07, 6.45) is -0.873. The van der Waals surface area contributed by atoms with Crippen LogP contribution in [0, 0.1) is 0 Å². The van der Waals surface area contributed by atoms with Crippen LogP contribution in [0.4, 0.5) is 13.2 Å². The molecule has 0 spiro atoms. The van der Waals surface area contributed by atoms with E-state index in [9.17, 15) is 18.0 Å². The van der Waals surface area contributed by atoms with E-state index >= 15 is 0 Å². The largest absolute Gasteiger partial charge is 0.573 e. The van der Waals surface area contributed by atoms with Gasteiger partial charge in [0, 0.05) is 29.2 Å². The number of pyridine rings is 2. The number of carbonyl (C=O) groups excluding carboxylic acids is 1. The lowest BCUT2D eigenvalue weighted by Crippen LogP contribution is -2.34. The van der Waals surface area contributed by atoms with Crippen LogP contribution in [0.5, 0.6) is 11.5 Å². The molecule has 6 aromatic rings. The lowest BCUT2D eigenvalue weighted by atomic mass is 10.0. The van der Waals surface area contributed by atoms with Crippen molar-refractivity contribution in [3.8, 4) is 23.0 Å². The summed E-state index contributed by atoms with van der Waals surface area (Å²) in [5.41, 5.74) is 3.86. The van der Waals surface area contributed by atoms with E-state index in [1.807, 2.05) is 37.4 Å². The summed E-state index contributed by atoms with van der Waals surface area (Å²) < 4.78 is 54.4. The minimum Gasteiger partial charge on any atom is -0.493 e. The molecule has 8 nitrogen and oxygen atoms in total. The summed E-state index contributed by atoms with van der Waals surface area (Å²) in [5.74, 6) is -0.0483. The van der Waals surface area contributed by atoms with Crippen molar-refractivity contribution in [1.82, 2.24) is 20.3 Å². The molecule has 0 radical (unpaired) electrons. The number of H-pyrrole nitrogens is 1. The van der Waals surface area contributed by atoms with Gasteiger partial charge in [-0.15, -0.1) is 13.2 Å². The van der Waals surface area contributed by atoms with Crippen LogP contribution in [0.2, 0.25) is 0 Å². The van der Waals surface area contributed by atoms with Gasteiger partial charge >= 0.3 is 6.36 Å². The summed E-state index contributed by atoms with van der Waals surface area (Å²) in [4.78, 5) is 25.8. The number of carbonyl (C=O) groups is 1. The number of furan rings is 1. The maximum atomic E-state index is 13.6. The van der Waals surface area contributed by atoms with Crippen LogP contribution >= 0.6 is 0 Å². The Hall–Kier alpha value is -5.06. The van der Waals surface area contributed by atoms with Crippen molar-refractivity contribution < 1.29 is 31.9 Å². The van der Waals surface area contributed by atoms with Crippen LogP contribution in [0.1, 0.15) is 22.8 Å². The first-order valence-electron chi connectivity index (χ1n) is 12.7. The maximum Gasteiger partial charge on any atom is 0.573 e. The Morgan fingerprint density at radius 1 is 1.12 bits per heavy atom. The van der Waals surface area contributed by atoms with Gasteiger partial charge in [0.05, 0.1) is 29.2 Å². The maximum absolute atomic E-state index is 13.6. The number of benzene rings is 2. The second-order valence-corrected chi connectivity index (χ2v) is 9.56. The number of fused-ring (bicyclic) bond motifs is 3. The van der Waals surface area contributed by atoms with Crippen molar-refractivity contribution in [3.63, 3.8) is 0 Å². The number of aromatic nitrogens is 3. The number of para-hydroxylation sites is 1. The first-order valence-corrected chi connectivity index (χ1v) is 12.7. The molecule has 4 aromatic heterocycles. The van der Waals surface area contributed by atoms with E-state index in [0.29, 0.717) is 34.7 Å². The quantitative estimate of drug-likeness (QED) is 0.223. The van der Waals surface area contributed by atoms with Crippen LogP contribution in [0.15, 0.2) is 77.5 Å². The number of hydrogen-bond acceptors (Lipinski definition) is 6. The van der Waals surface area contributed by atoms with Crippen LogP contribution in [0.25, 0.3) is 44.4 Å². The Bertz CT molecular complexity index is 1910. The number of nitrogens with zero attached hydrogens (tertiary/aromatic N) is 2. The number of alkyl halides is 3. The molecule has 11 heteroatoms. The summed E-state index contributed by atoms with van der Waals surface area (Å²) in [7, 11) is 1.53. The van der Waals surface area contributed by atoms with Gasteiger partial charge < -0.3 is 24.2 Å². The van der Waals surface area contributed by atoms with Crippen molar-refractivity contribution >= 4 is 38.8 Å². The third-order valence-corrected chi connectivity index (χ3v) is 6.66.